The van der Waals surface area contributed by atoms with Crippen molar-refractivity contribution in [2.24, 2.45) is 0 Å². The lowest BCUT2D eigenvalue weighted by Crippen LogP contribution is -2.37. The minimum Gasteiger partial charge on any atom is -0.497 e. The zero-order valence-corrected chi connectivity index (χ0v) is 12.5. The van der Waals surface area contributed by atoms with Gasteiger partial charge in [-0.25, -0.2) is 0 Å². The lowest BCUT2D eigenvalue weighted by atomic mass is 10.2. The molecule has 0 heterocycles. The Morgan fingerprint density at radius 2 is 2.05 bits per heavy atom. The Labute approximate surface area is 120 Å². The first-order chi connectivity index (χ1) is 9.08. The van der Waals surface area contributed by atoms with Crippen LogP contribution in [0.5, 0.6) is 5.75 Å². The van der Waals surface area contributed by atoms with E-state index in [2.05, 4.69) is 26.6 Å². The second kappa shape index (κ2) is 7.78. The van der Waals surface area contributed by atoms with Crippen LogP contribution in [0.1, 0.15) is 23.7 Å². The van der Waals surface area contributed by atoms with Gasteiger partial charge in [-0.05, 0) is 40.5 Å². The number of rotatable bonds is 6. The zero-order chi connectivity index (χ0) is 14.3. The fourth-order valence-corrected chi connectivity index (χ4v) is 1.81. The molecule has 0 fully saturated rings. The van der Waals surface area contributed by atoms with Crippen LogP contribution in [0, 0.1) is 0 Å². The molecule has 0 aliphatic rings. The minimum atomic E-state index is -0.322. The minimum absolute atomic E-state index is 0.0392. The third-order valence-corrected chi connectivity index (χ3v) is 3.09. The molecular weight excluding hydrogens is 312 g/mol. The Balaban J connectivity index is 2.60. The summed E-state index contributed by atoms with van der Waals surface area (Å²) in [5.74, 6) is 0.0652. The van der Waals surface area contributed by atoms with Crippen LogP contribution in [-0.2, 0) is 4.79 Å². The van der Waals surface area contributed by atoms with Gasteiger partial charge in [0.05, 0.1) is 19.2 Å². The predicted molar refractivity (Wildman–Crippen MR) is 76.3 cm³/mol. The van der Waals surface area contributed by atoms with Gasteiger partial charge in [0.2, 0.25) is 5.91 Å². The molecular formula is C13H17BrN2O3. The highest BCUT2D eigenvalue weighted by Crippen LogP contribution is 2.22. The van der Waals surface area contributed by atoms with Crippen molar-refractivity contribution in [3.63, 3.8) is 0 Å². The van der Waals surface area contributed by atoms with Gasteiger partial charge < -0.3 is 15.4 Å². The highest BCUT2D eigenvalue weighted by molar-refractivity contribution is 9.10. The summed E-state index contributed by atoms with van der Waals surface area (Å²) in [4.78, 5) is 23.3. The van der Waals surface area contributed by atoms with Crippen molar-refractivity contribution < 1.29 is 14.3 Å². The van der Waals surface area contributed by atoms with E-state index in [4.69, 9.17) is 4.74 Å². The van der Waals surface area contributed by atoms with Gasteiger partial charge in [0.1, 0.15) is 5.75 Å². The van der Waals surface area contributed by atoms with E-state index >= 15 is 0 Å². The first kappa shape index (κ1) is 15.5. The summed E-state index contributed by atoms with van der Waals surface area (Å²) in [5, 5.41) is 5.25. The number of amides is 2. The van der Waals surface area contributed by atoms with Crippen LogP contribution in [-0.4, -0.2) is 32.0 Å². The monoisotopic (exact) mass is 328 g/mol. The summed E-state index contributed by atoms with van der Waals surface area (Å²) in [7, 11) is 1.53. The van der Waals surface area contributed by atoms with Gasteiger partial charge in [-0.2, -0.15) is 0 Å². The molecule has 1 rings (SSSR count). The number of halogens is 1. The first-order valence-electron chi connectivity index (χ1n) is 5.97. The first-order valence-corrected chi connectivity index (χ1v) is 6.76. The largest absolute Gasteiger partial charge is 0.497 e. The van der Waals surface area contributed by atoms with Gasteiger partial charge in [-0.3, -0.25) is 9.59 Å². The lowest BCUT2D eigenvalue weighted by molar-refractivity contribution is -0.120. The number of hydrogen-bond donors (Lipinski definition) is 2. The van der Waals surface area contributed by atoms with Crippen molar-refractivity contribution >= 4 is 27.7 Å². The molecule has 1 aromatic carbocycles. The van der Waals surface area contributed by atoms with Crippen molar-refractivity contribution in [1.82, 2.24) is 10.6 Å². The third kappa shape index (κ3) is 4.90. The van der Waals surface area contributed by atoms with E-state index < -0.39 is 0 Å². The van der Waals surface area contributed by atoms with E-state index in [1.165, 1.54) is 7.11 Å². The molecule has 0 radical (unpaired) electrons. The Kier molecular flexibility index (Phi) is 6.35. The van der Waals surface area contributed by atoms with Crippen LogP contribution in [0.2, 0.25) is 0 Å². The molecule has 1 aromatic rings. The number of carbonyl (C=O) groups excluding carboxylic acids is 2. The summed E-state index contributed by atoms with van der Waals surface area (Å²) in [6.45, 7) is 2.53. The molecule has 2 amide bonds. The van der Waals surface area contributed by atoms with E-state index in [1.54, 1.807) is 18.2 Å². The smallest absolute Gasteiger partial charge is 0.252 e. The highest BCUT2D eigenvalue weighted by Gasteiger charge is 2.12. The third-order valence-electron chi connectivity index (χ3n) is 2.40. The molecule has 0 saturated carbocycles. The van der Waals surface area contributed by atoms with Crippen LogP contribution in [0.4, 0.5) is 0 Å². The van der Waals surface area contributed by atoms with Crippen LogP contribution in [0.3, 0.4) is 0 Å². The van der Waals surface area contributed by atoms with Gasteiger partial charge in [-0.15, -0.1) is 0 Å². The number of hydrogen-bond acceptors (Lipinski definition) is 3. The Morgan fingerprint density at radius 3 is 2.68 bits per heavy atom. The van der Waals surface area contributed by atoms with Gasteiger partial charge in [0, 0.05) is 11.0 Å². The van der Waals surface area contributed by atoms with Crippen molar-refractivity contribution in [2.45, 2.75) is 13.3 Å². The maximum Gasteiger partial charge on any atom is 0.252 e. The number of benzene rings is 1. The van der Waals surface area contributed by atoms with Crippen molar-refractivity contribution in [3.05, 3.63) is 28.2 Å². The summed E-state index contributed by atoms with van der Waals surface area (Å²) >= 11 is 3.29. The Bertz CT molecular complexity index is 463. The molecule has 0 bridgehead atoms. The van der Waals surface area contributed by atoms with Crippen LogP contribution in [0.15, 0.2) is 22.7 Å². The number of nitrogens with one attached hydrogen (secondary N) is 2. The standard InChI is InChI=1S/C13H17BrN2O3/c1-3-6-15-12(17)8-16-13(18)10-7-9(19-2)4-5-11(10)14/h4-5,7H,3,6,8H2,1-2H3,(H,15,17)(H,16,18). The average Bonchev–Trinajstić information content (AvgIpc) is 2.43. The van der Waals surface area contributed by atoms with Crippen molar-refractivity contribution in [3.8, 4) is 5.75 Å². The van der Waals surface area contributed by atoms with Crippen molar-refractivity contribution in [2.75, 3.05) is 20.2 Å². The maximum atomic E-state index is 11.9. The summed E-state index contributed by atoms with van der Waals surface area (Å²) in [5.41, 5.74) is 0.433. The van der Waals surface area contributed by atoms with E-state index in [0.717, 1.165) is 6.42 Å². The molecule has 0 aromatic heterocycles. The Morgan fingerprint density at radius 1 is 1.32 bits per heavy atom. The second-order valence-corrected chi connectivity index (χ2v) is 4.73. The molecule has 0 spiro atoms. The van der Waals surface area contributed by atoms with Crippen molar-refractivity contribution in [1.29, 1.82) is 0 Å². The molecule has 2 N–H and O–H groups in total. The van der Waals surface area contributed by atoms with E-state index in [-0.39, 0.29) is 18.4 Å². The molecule has 0 atom stereocenters. The fraction of sp³-hybridized carbons (Fsp3) is 0.385. The molecule has 0 saturated heterocycles. The lowest BCUT2D eigenvalue weighted by Gasteiger charge is -2.08. The van der Waals surface area contributed by atoms with Crippen LogP contribution < -0.4 is 15.4 Å². The fourth-order valence-electron chi connectivity index (χ4n) is 1.39. The molecule has 104 valence electrons. The predicted octanol–water partition coefficient (Wildman–Crippen LogP) is 1.71. The highest BCUT2D eigenvalue weighted by atomic mass is 79.9. The molecule has 0 aliphatic heterocycles. The number of carbonyl (C=O) groups is 2. The maximum absolute atomic E-state index is 11.9. The summed E-state index contributed by atoms with van der Waals surface area (Å²) in [6.07, 6.45) is 0.862. The topological polar surface area (TPSA) is 67.4 Å². The second-order valence-electron chi connectivity index (χ2n) is 3.88. The van der Waals surface area contributed by atoms with Crippen LogP contribution >= 0.6 is 15.9 Å². The van der Waals surface area contributed by atoms with E-state index in [1.807, 2.05) is 6.92 Å². The quantitative estimate of drug-likeness (QED) is 0.835. The average molecular weight is 329 g/mol. The van der Waals surface area contributed by atoms with Gasteiger partial charge in [0.15, 0.2) is 0 Å². The zero-order valence-electron chi connectivity index (χ0n) is 11.0. The molecule has 5 nitrogen and oxygen atoms in total. The molecule has 19 heavy (non-hydrogen) atoms. The number of ether oxygens (including phenoxy) is 1. The van der Waals surface area contributed by atoms with E-state index in [9.17, 15) is 9.59 Å². The Hall–Kier alpha value is -1.56. The summed E-state index contributed by atoms with van der Waals surface area (Å²) < 4.78 is 5.71. The SMILES string of the molecule is CCCNC(=O)CNC(=O)c1cc(OC)ccc1Br. The number of methoxy groups -OCH3 is 1. The van der Waals surface area contributed by atoms with E-state index in [0.29, 0.717) is 22.3 Å². The normalized spacial score (nSPS) is 9.84. The van der Waals surface area contributed by atoms with Crippen LogP contribution in [0.25, 0.3) is 0 Å². The molecule has 0 aliphatic carbocycles. The summed E-state index contributed by atoms with van der Waals surface area (Å²) in [6, 6.07) is 5.09. The van der Waals surface area contributed by atoms with Gasteiger partial charge in [-0.1, -0.05) is 6.92 Å². The molecule has 6 heteroatoms. The van der Waals surface area contributed by atoms with Gasteiger partial charge >= 0.3 is 0 Å². The van der Waals surface area contributed by atoms with Gasteiger partial charge in [0.25, 0.3) is 5.91 Å². The molecule has 0 unspecified atom stereocenters.